The fraction of sp³-hybridized carbons (Fsp3) is 0.238. The summed E-state index contributed by atoms with van der Waals surface area (Å²) < 4.78 is 15.0. The van der Waals surface area contributed by atoms with Gasteiger partial charge in [0, 0.05) is 12.5 Å². The zero-order chi connectivity index (χ0) is 17.9. The van der Waals surface area contributed by atoms with E-state index in [4.69, 9.17) is 0 Å². The van der Waals surface area contributed by atoms with E-state index in [1.54, 1.807) is 10.7 Å². The predicted molar refractivity (Wildman–Crippen MR) is 98.0 cm³/mol. The van der Waals surface area contributed by atoms with E-state index in [9.17, 15) is 9.18 Å². The van der Waals surface area contributed by atoms with Crippen molar-refractivity contribution in [1.82, 2.24) is 15.1 Å². The maximum atomic E-state index is 13.2. The van der Waals surface area contributed by atoms with Crippen molar-refractivity contribution in [3.8, 4) is 5.69 Å². The molecule has 0 bridgehead atoms. The quantitative estimate of drug-likeness (QED) is 0.734. The summed E-state index contributed by atoms with van der Waals surface area (Å²) in [7, 11) is 0. The van der Waals surface area contributed by atoms with Gasteiger partial charge in [-0.05, 0) is 55.2 Å². The van der Waals surface area contributed by atoms with Crippen molar-refractivity contribution in [2.45, 2.75) is 25.2 Å². The number of hydrogen-bond acceptors (Lipinski definition) is 2. The van der Waals surface area contributed by atoms with Gasteiger partial charge in [0.15, 0.2) is 0 Å². The third-order valence-corrected chi connectivity index (χ3v) is 4.55. The number of amides is 1. The average molecular weight is 349 g/mol. The summed E-state index contributed by atoms with van der Waals surface area (Å²) in [5.41, 5.74) is 3.25. The van der Waals surface area contributed by atoms with E-state index in [-0.39, 0.29) is 11.7 Å². The third kappa shape index (κ3) is 3.67. The monoisotopic (exact) mass is 349 g/mol. The van der Waals surface area contributed by atoms with Gasteiger partial charge in [-0.3, -0.25) is 4.79 Å². The van der Waals surface area contributed by atoms with Crippen LogP contribution in [0.4, 0.5) is 4.39 Å². The van der Waals surface area contributed by atoms with E-state index in [1.165, 1.54) is 12.1 Å². The topological polar surface area (TPSA) is 46.9 Å². The van der Waals surface area contributed by atoms with Crippen molar-refractivity contribution < 1.29 is 9.18 Å². The van der Waals surface area contributed by atoms with Gasteiger partial charge in [-0.1, -0.05) is 30.3 Å². The van der Waals surface area contributed by atoms with Gasteiger partial charge in [0.25, 0.3) is 5.91 Å². The highest BCUT2D eigenvalue weighted by molar-refractivity contribution is 5.93. The minimum absolute atomic E-state index is 0.162. The molecule has 0 unspecified atom stereocenters. The molecule has 1 amide bonds. The van der Waals surface area contributed by atoms with Gasteiger partial charge in [0.05, 0.1) is 11.4 Å². The molecule has 3 aromatic rings. The van der Waals surface area contributed by atoms with Gasteiger partial charge in [0.2, 0.25) is 0 Å². The Labute approximate surface area is 151 Å². The van der Waals surface area contributed by atoms with Gasteiger partial charge < -0.3 is 5.32 Å². The van der Waals surface area contributed by atoms with E-state index in [0.29, 0.717) is 24.6 Å². The lowest BCUT2D eigenvalue weighted by molar-refractivity contribution is 0.0946. The third-order valence-electron chi connectivity index (χ3n) is 4.55. The fourth-order valence-corrected chi connectivity index (χ4v) is 3.01. The molecule has 1 heterocycles. The number of benzene rings is 2. The second kappa shape index (κ2) is 7.12. The standard InChI is InChI=1S/C21H20FN3O/c22-17-6-4-5-15(13-17)11-12-23-21(26)20-14-19(16-9-10-16)24-25(20)18-7-2-1-3-8-18/h1-8,13-14,16H,9-12H2,(H,23,26). The van der Waals surface area contributed by atoms with Gasteiger partial charge in [0.1, 0.15) is 11.5 Å². The van der Waals surface area contributed by atoms with Crippen LogP contribution >= 0.6 is 0 Å². The zero-order valence-electron chi connectivity index (χ0n) is 14.4. The molecule has 5 heteroatoms. The number of halogens is 1. The lowest BCUT2D eigenvalue weighted by Gasteiger charge is -2.08. The summed E-state index contributed by atoms with van der Waals surface area (Å²) in [5, 5.41) is 7.58. The van der Waals surface area contributed by atoms with Crippen LogP contribution in [0, 0.1) is 5.82 Å². The first-order valence-corrected chi connectivity index (χ1v) is 8.89. The molecule has 1 N–H and O–H groups in total. The first kappa shape index (κ1) is 16.5. The molecule has 0 spiro atoms. The van der Waals surface area contributed by atoms with E-state index >= 15 is 0 Å². The predicted octanol–water partition coefficient (Wildman–Crippen LogP) is 3.86. The summed E-state index contributed by atoms with van der Waals surface area (Å²) in [6.07, 6.45) is 2.84. The Kier molecular flexibility index (Phi) is 4.52. The number of rotatable bonds is 6. The number of nitrogens with zero attached hydrogens (tertiary/aromatic N) is 2. The van der Waals surface area contributed by atoms with Gasteiger partial charge in [-0.2, -0.15) is 5.10 Å². The molecular formula is C21H20FN3O. The highest BCUT2D eigenvalue weighted by Crippen LogP contribution is 2.39. The molecule has 1 aromatic heterocycles. The highest BCUT2D eigenvalue weighted by atomic mass is 19.1. The number of nitrogens with one attached hydrogen (secondary N) is 1. The molecule has 2 aromatic carbocycles. The van der Waals surface area contributed by atoms with Crippen molar-refractivity contribution in [2.24, 2.45) is 0 Å². The maximum Gasteiger partial charge on any atom is 0.270 e. The maximum absolute atomic E-state index is 13.2. The molecular weight excluding hydrogens is 329 g/mol. The van der Waals surface area contributed by atoms with E-state index in [2.05, 4.69) is 10.4 Å². The molecule has 132 valence electrons. The lowest BCUT2D eigenvalue weighted by Crippen LogP contribution is -2.27. The van der Waals surface area contributed by atoms with Crippen LogP contribution in [0.2, 0.25) is 0 Å². The first-order chi connectivity index (χ1) is 12.7. The van der Waals surface area contributed by atoms with Gasteiger partial charge in [-0.25, -0.2) is 9.07 Å². The Balaban J connectivity index is 1.50. The first-order valence-electron chi connectivity index (χ1n) is 8.89. The Hall–Kier alpha value is -2.95. The molecule has 0 aliphatic heterocycles. The second-order valence-corrected chi connectivity index (χ2v) is 6.61. The number of carbonyl (C=O) groups is 1. The Morgan fingerprint density at radius 3 is 2.65 bits per heavy atom. The molecule has 0 saturated heterocycles. The number of hydrogen-bond donors (Lipinski definition) is 1. The largest absolute Gasteiger partial charge is 0.350 e. The highest BCUT2D eigenvalue weighted by Gasteiger charge is 2.28. The second-order valence-electron chi connectivity index (χ2n) is 6.61. The Bertz CT molecular complexity index is 916. The molecule has 0 atom stereocenters. The number of para-hydroxylation sites is 1. The molecule has 4 nitrogen and oxygen atoms in total. The van der Waals surface area contributed by atoms with Crippen molar-refractivity contribution in [3.63, 3.8) is 0 Å². The van der Waals surface area contributed by atoms with Crippen LogP contribution in [0.15, 0.2) is 60.7 Å². The Morgan fingerprint density at radius 1 is 1.12 bits per heavy atom. The Morgan fingerprint density at radius 2 is 1.92 bits per heavy atom. The van der Waals surface area contributed by atoms with Crippen molar-refractivity contribution >= 4 is 5.91 Å². The van der Waals surface area contributed by atoms with Gasteiger partial charge >= 0.3 is 0 Å². The number of carbonyl (C=O) groups excluding carboxylic acids is 1. The van der Waals surface area contributed by atoms with Crippen LogP contribution in [0.25, 0.3) is 5.69 Å². The van der Waals surface area contributed by atoms with Crippen LogP contribution in [-0.2, 0) is 6.42 Å². The summed E-state index contributed by atoms with van der Waals surface area (Å²) in [6, 6.07) is 18.0. The van der Waals surface area contributed by atoms with Crippen LogP contribution in [0.3, 0.4) is 0 Å². The summed E-state index contributed by atoms with van der Waals surface area (Å²) in [6.45, 7) is 0.445. The molecule has 1 aliphatic rings. The average Bonchev–Trinajstić information content (AvgIpc) is 3.41. The molecule has 4 rings (SSSR count). The molecule has 1 fully saturated rings. The molecule has 26 heavy (non-hydrogen) atoms. The smallest absolute Gasteiger partial charge is 0.270 e. The van der Waals surface area contributed by atoms with Crippen molar-refractivity contribution in [1.29, 1.82) is 0 Å². The SMILES string of the molecule is O=C(NCCc1cccc(F)c1)c1cc(C2CC2)nn1-c1ccccc1. The summed E-state index contributed by atoms with van der Waals surface area (Å²) in [4.78, 5) is 12.7. The minimum atomic E-state index is -0.259. The summed E-state index contributed by atoms with van der Waals surface area (Å²) in [5.74, 6) is 0.0496. The van der Waals surface area contributed by atoms with Gasteiger partial charge in [-0.15, -0.1) is 0 Å². The minimum Gasteiger partial charge on any atom is -0.350 e. The van der Waals surface area contributed by atoms with Crippen LogP contribution in [-0.4, -0.2) is 22.2 Å². The van der Waals surface area contributed by atoms with Crippen LogP contribution in [0.1, 0.15) is 40.5 Å². The lowest BCUT2D eigenvalue weighted by atomic mass is 10.1. The number of aromatic nitrogens is 2. The molecule has 1 aliphatic carbocycles. The molecule has 0 radical (unpaired) electrons. The van der Waals surface area contributed by atoms with Crippen LogP contribution < -0.4 is 5.32 Å². The van der Waals surface area contributed by atoms with Crippen LogP contribution in [0.5, 0.6) is 0 Å². The fourth-order valence-electron chi connectivity index (χ4n) is 3.01. The summed E-state index contributed by atoms with van der Waals surface area (Å²) >= 11 is 0. The zero-order valence-corrected chi connectivity index (χ0v) is 14.4. The van der Waals surface area contributed by atoms with Crippen molar-refractivity contribution in [2.75, 3.05) is 6.54 Å². The normalized spacial score (nSPS) is 13.6. The van der Waals surface area contributed by atoms with E-state index in [1.807, 2.05) is 42.5 Å². The van der Waals surface area contributed by atoms with E-state index in [0.717, 1.165) is 29.8 Å². The van der Waals surface area contributed by atoms with Crippen molar-refractivity contribution in [3.05, 3.63) is 83.4 Å². The van der Waals surface area contributed by atoms with E-state index < -0.39 is 0 Å². The molecule has 1 saturated carbocycles.